The molecule has 18 heavy (non-hydrogen) atoms. The van der Waals surface area contributed by atoms with E-state index in [-0.39, 0.29) is 11.2 Å². The van der Waals surface area contributed by atoms with Crippen LogP contribution >= 0.6 is 15.9 Å². The monoisotopic (exact) mass is 313 g/mol. The van der Waals surface area contributed by atoms with Crippen molar-refractivity contribution in [3.63, 3.8) is 0 Å². The van der Waals surface area contributed by atoms with Gasteiger partial charge in [-0.25, -0.2) is 4.39 Å². The van der Waals surface area contributed by atoms with E-state index in [0.717, 1.165) is 29.4 Å². The fourth-order valence-corrected chi connectivity index (χ4v) is 3.40. The van der Waals surface area contributed by atoms with Crippen LogP contribution in [0.2, 0.25) is 0 Å². The Morgan fingerprint density at radius 1 is 1.50 bits per heavy atom. The molecule has 0 spiro atoms. The molecule has 3 heteroatoms. The molecule has 0 amide bonds. The maximum absolute atomic E-state index is 13.9. The summed E-state index contributed by atoms with van der Waals surface area (Å²) in [5, 5.41) is 3.51. The van der Waals surface area contributed by atoms with E-state index < -0.39 is 0 Å². The molecule has 1 fully saturated rings. The molecule has 2 rings (SSSR count). The third-order valence-corrected chi connectivity index (χ3v) is 4.45. The molecule has 1 N–H and O–H groups in total. The maximum Gasteiger partial charge on any atom is 0.127 e. The summed E-state index contributed by atoms with van der Waals surface area (Å²) in [6.07, 6.45) is 4.38. The zero-order chi connectivity index (χ0) is 13.2. The summed E-state index contributed by atoms with van der Waals surface area (Å²) in [7, 11) is 0. The van der Waals surface area contributed by atoms with Gasteiger partial charge in [0, 0.05) is 10.5 Å². The molecule has 0 aliphatic heterocycles. The average molecular weight is 314 g/mol. The average Bonchev–Trinajstić information content (AvgIpc) is 2.65. The third-order valence-electron chi connectivity index (χ3n) is 3.96. The molecule has 2 atom stereocenters. The molecule has 1 aromatic rings. The summed E-state index contributed by atoms with van der Waals surface area (Å²) in [4.78, 5) is 0. The first-order valence-electron chi connectivity index (χ1n) is 6.70. The predicted molar refractivity (Wildman–Crippen MR) is 77.2 cm³/mol. The summed E-state index contributed by atoms with van der Waals surface area (Å²) in [6.45, 7) is 5.45. The molecule has 1 aliphatic carbocycles. The molecule has 1 nitrogen and oxygen atoms in total. The van der Waals surface area contributed by atoms with Crippen molar-refractivity contribution in [3.8, 4) is 0 Å². The standard InChI is InChI=1S/C15H21BrFN/c1-3-18-13-6-7-15(2,10-13)9-11-4-5-12(16)8-14(11)17/h4-5,8,13,18H,3,6-7,9-10H2,1-2H3. The van der Waals surface area contributed by atoms with E-state index in [1.807, 2.05) is 12.1 Å². The van der Waals surface area contributed by atoms with Gasteiger partial charge in [-0.3, -0.25) is 0 Å². The number of hydrogen-bond donors (Lipinski definition) is 1. The molecule has 100 valence electrons. The van der Waals surface area contributed by atoms with E-state index in [4.69, 9.17) is 0 Å². The van der Waals surface area contributed by atoms with Gasteiger partial charge in [-0.05, 0) is 55.3 Å². The molecule has 1 saturated carbocycles. The zero-order valence-electron chi connectivity index (χ0n) is 11.1. The number of benzene rings is 1. The summed E-state index contributed by atoms with van der Waals surface area (Å²) in [5.74, 6) is -0.0856. The van der Waals surface area contributed by atoms with Gasteiger partial charge in [0.2, 0.25) is 0 Å². The van der Waals surface area contributed by atoms with Gasteiger partial charge in [-0.15, -0.1) is 0 Å². The Hall–Kier alpha value is -0.410. The van der Waals surface area contributed by atoms with E-state index >= 15 is 0 Å². The van der Waals surface area contributed by atoms with E-state index in [0.29, 0.717) is 6.04 Å². The predicted octanol–water partition coefficient (Wildman–Crippen LogP) is 4.30. The fraction of sp³-hybridized carbons (Fsp3) is 0.600. The van der Waals surface area contributed by atoms with Crippen LogP contribution < -0.4 is 5.32 Å². The van der Waals surface area contributed by atoms with E-state index in [2.05, 4.69) is 35.1 Å². The highest BCUT2D eigenvalue weighted by Gasteiger charge is 2.35. The van der Waals surface area contributed by atoms with Crippen LogP contribution in [0.4, 0.5) is 4.39 Å². The Morgan fingerprint density at radius 2 is 2.28 bits per heavy atom. The minimum atomic E-state index is -0.0856. The van der Waals surface area contributed by atoms with Crippen molar-refractivity contribution in [2.75, 3.05) is 6.54 Å². The first-order chi connectivity index (χ1) is 8.52. The lowest BCUT2D eigenvalue weighted by Gasteiger charge is -2.24. The van der Waals surface area contributed by atoms with Crippen LogP contribution in [0.1, 0.15) is 38.7 Å². The van der Waals surface area contributed by atoms with Crippen LogP contribution in [0.3, 0.4) is 0 Å². The molecule has 1 aromatic carbocycles. The van der Waals surface area contributed by atoms with Gasteiger partial charge in [-0.2, -0.15) is 0 Å². The lowest BCUT2D eigenvalue weighted by Crippen LogP contribution is -2.28. The molecule has 2 unspecified atom stereocenters. The van der Waals surface area contributed by atoms with E-state index in [1.54, 1.807) is 6.07 Å². The number of hydrogen-bond acceptors (Lipinski definition) is 1. The fourth-order valence-electron chi connectivity index (χ4n) is 3.07. The van der Waals surface area contributed by atoms with Gasteiger partial charge in [0.1, 0.15) is 5.82 Å². The van der Waals surface area contributed by atoms with Crippen LogP contribution in [0.25, 0.3) is 0 Å². The summed E-state index contributed by atoms with van der Waals surface area (Å²) in [5.41, 5.74) is 1.08. The number of halogens is 2. The van der Waals surface area contributed by atoms with Crippen molar-refractivity contribution in [3.05, 3.63) is 34.1 Å². The van der Waals surface area contributed by atoms with Crippen molar-refractivity contribution in [2.24, 2.45) is 5.41 Å². The summed E-state index contributed by atoms with van der Waals surface area (Å²) in [6, 6.07) is 6.01. The first kappa shape index (κ1) is 14.0. The van der Waals surface area contributed by atoms with Crippen molar-refractivity contribution in [2.45, 2.75) is 45.6 Å². The SMILES string of the molecule is CCNC1CCC(C)(Cc2ccc(Br)cc2F)C1. The van der Waals surface area contributed by atoms with Gasteiger partial charge in [0.15, 0.2) is 0 Å². The van der Waals surface area contributed by atoms with Gasteiger partial charge >= 0.3 is 0 Å². The van der Waals surface area contributed by atoms with Crippen molar-refractivity contribution in [1.29, 1.82) is 0 Å². The van der Waals surface area contributed by atoms with Crippen LogP contribution in [0.15, 0.2) is 22.7 Å². The first-order valence-corrected chi connectivity index (χ1v) is 7.49. The lowest BCUT2D eigenvalue weighted by molar-refractivity contribution is 0.318. The quantitative estimate of drug-likeness (QED) is 0.874. The van der Waals surface area contributed by atoms with Crippen molar-refractivity contribution >= 4 is 15.9 Å². The van der Waals surface area contributed by atoms with Crippen LogP contribution in [-0.2, 0) is 6.42 Å². The Kier molecular flexibility index (Phi) is 4.44. The molecule has 1 aliphatic rings. The molecule has 0 aromatic heterocycles. The largest absolute Gasteiger partial charge is 0.314 e. The molecule has 0 heterocycles. The molecular formula is C15H21BrFN. The highest BCUT2D eigenvalue weighted by Crippen LogP contribution is 2.41. The second-order valence-electron chi connectivity index (χ2n) is 5.72. The highest BCUT2D eigenvalue weighted by molar-refractivity contribution is 9.10. The lowest BCUT2D eigenvalue weighted by atomic mass is 9.82. The summed E-state index contributed by atoms with van der Waals surface area (Å²) < 4.78 is 14.7. The minimum Gasteiger partial charge on any atom is -0.314 e. The highest BCUT2D eigenvalue weighted by atomic mass is 79.9. The van der Waals surface area contributed by atoms with E-state index in [1.165, 1.54) is 12.8 Å². The van der Waals surface area contributed by atoms with Crippen LogP contribution in [0, 0.1) is 11.2 Å². The van der Waals surface area contributed by atoms with E-state index in [9.17, 15) is 4.39 Å². The number of rotatable bonds is 4. The molecular weight excluding hydrogens is 293 g/mol. The zero-order valence-corrected chi connectivity index (χ0v) is 12.7. The Bertz CT molecular complexity index is 421. The Labute approximate surface area is 117 Å². The number of nitrogens with one attached hydrogen (secondary N) is 1. The molecule has 0 saturated heterocycles. The van der Waals surface area contributed by atoms with Crippen molar-refractivity contribution < 1.29 is 4.39 Å². The van der Waals surface area contributed by atoms with Crippen LogP contribution in [-0.4, -0.2) is 12.6 Å². The topological polar surface area (TPSA) is 12.0 Å². The summed E-state index contributed by atoms with van der Waals surface area (Å²) >= 11 is 3.30. The Morgan fingerprint density at radius 3 is 2.94 bits per heavy atom. The van der Waals surface area contributed by atoms with Gasteiger partial charge in [-0.1, -0.05) is 35.8 Å². The van der Waals surface area contributed by atoms with Gasteiger partial charge in [0.05, 0.1) is 0 Å². The molecule has 0 radical (unpaired) electrons. The Balaban J connectivity index is 2.05. The second-order valence-corrected chi connectivity index (χ2v) is 6.64. The van der Waals surface area contributed by atoms with Crippen LogP contribution in [0.5, 0.6) is 0 Å². The van der Waals surface area contributed by atoms with Crippen molar-refractivity contribution in [1.82, 2.24) is 5.32 Å². The van der Waals surface area contributed by atoms with Gasteiger partial charge < -0.3 is 5.32 Å². The second kappa shape index (κ2) is 5.70. The maximum atomic E-state index is 13.9. The smallest absolute Gasteiger partial charge is 0.127 e. The molecule has 0 bridgehead atoms. The normalized spacial score (nSPS) is 27.7. The van der Waals surface area contributed by atoms with Gasteiger partial charge in [0.25, 0.3) is 0 Å². The third kappa shape index (κ3) is 3.33. The minimum absolute atomic E-state index is 0.0856.